The van der Waals surface area contributed by atoms with E-state index in [2.05, 4.69) is 15.9 Å². The van der Waals surface area contributed by atoms with E-state index in [9.17, 15) is 4.79 Å². The van der Waals surface area contributed by atoms with Crippen molar-refractivity contribution in [3.05, 3.63) is 99.3 Å². The highest BCUT2D eigenvalue weighted by molar-refractivity contribution is 9.10. The Bertz CT molecular complexity index is 1100. The van der Waals surface area contributed by atoms with Crippen LogP contribution >= 0.6 is 15.9 Å². The van der Waals surface area contributed by atoms with Crippen molar-refractivity contribution in [1.29, 1.82) is 0 Å². The molecule has 0 saturated heterocycles. The lowest BCUT2D eigenvalue weighted by atomic mass is 10.1. The third-order valence-corrected chi connectivity index (χ3v) is 4.64. The summed E-state index contributed by atoms with van der Waals surface area (Å²) in [5, 5.41) is 0.861. The Morgan fingerprint density at radius 1 is 0.885 bits per heavy atom. The SMILES string of the molecule is O=c1oc2cc(OCc3ccc(Br)cc3)ccc2cc1-c1ccccc1. The van der Waals surface area contributed by atoms with Crippen LogP contribution in [0, 0.1) is 0 Å². The van der Waals surface area contributed by atoms with Gasteiger partial charge in [-0.2, -0.15) is 0 Å². The third kappa shape index (κ3) is 3.55. The van der Waals surface area contributed by atoms with Gasteiger partial charge in [-0.3, -0.25) is 0 Å². The normalized spacial score (nSPS) is 10.8. The average molecular weight is 407 g/mol. The molecule has 3 nitrogen and oxygen atoms in total. The molecule has 1 aromatic heterocycles. The van der Waals surface area contributed by atoms with E-state index in [0.717, 1.165) is 21.0 Å². The molecule has 0 saturated carbocycles. The largest absolute Gasteiger partial charge is 0.489 e. The summed E-state index contributed by atoms with van der Waals surface area (Å²) < 4.78 is 12.4. The molecule has 0 fully saturated rings. The van der Waals surface area contributed by atoms with Gasteiger partial charge in [-0.1, -0.05) is 58.4 Å². The van der Waals surface area contributed by atoms with Crippen LogP contribution in [0.15, 0.2) is 92.5 Å². The van der Waals surface area contributed by atoms with Gasteiger partial charge in [-0.25, -0.2) is 4.79 Å². The zero-order valence-electron chi connectivity index (χ0n) is 13.8. The Kier molecular flexibility index (Phi) is 4.59. The van der Waals surface area contributed by atoms with E-state index >= 15 is 0 Å². The highest BCUT2D eigenvalue weighted by atomic mass is 79.9. The third-order valence-electron chi connectivity index (χ3n) is 4.11. The van der Waals surface area contributed by atoms with Crippen LogP contribution in [0.2, 0.25) is 0 Å². The monoisotopic (exact) mass is 406 g/mol. The maximum Gasteiger partial charge on any atom is 0.344 e. The summed E-state index contributed by atoms with van der Waals surface area (Å²) in [6.45, 7) is 0.450. The van der Waals surface area contributed by atoms with Crippen molar-refractivity contribution in [2.75, 3.05) is 0 Å². The Labute approximate surface area is 159 Å². The molecule has 0 unspecified atom stereocenters. The molecule has 0 bridgehead atoms. The molecule has 128 valence electrons. The van der Waals surface area contributed by atoms with Gasteiger partial charge < -0.3 is 9.15 Å². The summed E-state index contributed by atoms with van der Waals surface area (Å²) in [5.74, 6) is 0.663. The predicted molar refractivity (Wildman–Crippen MR) is 106 cm³/mol. The van der Waals surface area contributed by atoms with Crippen LogP contribution in [0.3, 0.4) is 0 Å². The van der Waals surface area contributed by atoms with Gasteiger partial charge in [0.15, 0.2) is 0 Å². The maximum atomic E-state index is 12.3. The molecule has 4 rings (SSSR count). The Morgan fingerprint density at radius 3 is 2.42 bits per heavy atom. The fourth-order valence-electron chi connectivity index (χ4n) is 2.75. The first-order valence-electron chi connectivity index (χ1n) is 8.20. The molecule has 3 aromatic carbocycles. The lowest BCUT2D eigenvalue weighted by Crippen LogP contribution is -2.02. The molecular formula is C22H15BrO3. The molecule has 0 atom stereocenters. The van der Waals surface area contributed by atoms with Crippen molar-refractivity contribution in [3.8, 4) is 16.9 Å². The van der Waals surface area contributed by atoms with Gasteiger partial charge in [0.2, 0.25) is 0 Å². The number of fused-ring (bicyclic) bond motifs is 1. The number of hydrogen-bond acceptors (Lipinski definition) is 3. The van der Waals surface area contributed by atoms with E-state index in [-0.39, 0.29) is 5.63 Å². The summed E-state index contributed by atoms with van der Waals surface area (Å²) in [6.07, 6.45) is 0. The van der Waals surface area contributed by atoms with Crippen molar-refractivity contribution in [1.82, 2.24) is 0 Å². The van der Waals surface area contributed by atoms with E-state index in [1.165, 1.54) is 0 Å². The summed E-state index contributed by atoms with van der Waals surface area (Å²) in [5.41, 5.74) is 2.63. The van der Waals surface area contributed by atoms with E-state index < -0.39 is 0 Å². The number of rotatable bonds is 4. The quantitative estimate of drug-likeness (QED) is 0.402. The first-order chi connectivity index (χ1) is 12.7. The lowest BCUT2D eigenvalue weighted by molar-refractivity contribution is 0.306. The molecule has 4 heteroatoms. The van der Waals surface area contributed by atoms with Gasteiger partial charge in [-0.05, 0) is 41.5 Å². The van der Waals surface area contributed by atoms with Crippen molar-refractivity contribution in [2.24, 2.45) is 0 Å². The molecule has 0 aliphatic rings. The Balaban J connectivity index is 1.61. The number of hydrogen-bond donors (Lipinski definition) is 0. The van der Waals surface area contributed by atoms with Crippen LogP contribution in [-0.2, 0) is 6.61 Å². The lowest BCUT2D eigenvalue weighted by Gasteiger charge is -2.08. The van der Waals surface area contributed by atoms with Gasteiger partial charge >= 0.3 is 5.63 Å². The summed E-state index contributed by atoms with van der Waals surface area (Å²) in [6, 6.07) is 24.9. The first-order valence-corrected chi connectivity index (χ1v) is 8.99. The molecule has 0 spiro atoms. The van der Waals surface area contributed by atoms with Crippen molar-refractivity contribution in [2.45, 2.75) is 6.61 Å². The van der Waals surface area contributed by atoms with Gasteiger partial charge in [0, 0.05) is 15.9 Å². The van der Waals surface area contributed by atoms with Crippen LogP contribution in [0.25, 0.3) is 22.1 Å². The second-order valence-corrected chi connectivity index (χ2v) is 6.84. The minimum atomic E-state index is -0.353. The molecule has 0 amide bonds. The van der Waals surface area contributed by atoms with Gasteiger partial charge in [-0.15, -0.1) is 0 Å². The smallest absolute Gasteiger partial charge is 0.344 e. The van der Waals surface area contributed by atoms with Crippen LogP contribution < -0.4 is 10.4 Å². The molecule has 26 heavy (non-hydrogen) atoms. The summed E-state index contributed by atoms with van der Waals surface area (Å²) in [4.78, 5) is 12.3. The fourth-order valence-corrected chi connectivity index (χ4v) is 3.01. The average Bonchev–Trinajstić information content (AvgIpc) is 2.67. The van der Waals surface area contributed by atoms with Crippen LogP contribution in [0.5, 0.6) is 5.75 Å². The highest BCUT2D eigenvalue weighted by Crippen LogP contribution is 2.25. The highest BCUT2D eigenvalue weighted by Gasteiger charge is 2.08. The molecule has 0 aliphatic carbocycles. The fraction of sp³-hybridized carbons (Fsp3) is 0.0455. The molecule has 0 radical (unpaired) electrons. The standard InChI is InChI=1S/C22H15BrO3/c23-18-9-6-15(7-10-18)14-25-19-11-8-17-12-20(16-4-2-1-3-5-16)22(24)26-21(17)13-19/h1-13H,14H2. The van der Waals surface area contributed by atoms with Crippen molar-refractivity contribution in [3.63, 3.8) is 0 Å². The van der Waals surface area contributed by atoms with E-state index in [0.29, 0.717) is 23.5 Å². The van der Waals surface area contributed by atoms with Crippen LogP contribution in [0.1, 0.15) is 5.56 Å². The van der Waals surface area contributed by atoms with Gasteiger partial charge in [0.25, 0.3) is 0 Å². The minimum Gasteiger partial charge on any atom is -0.489 e. The Hall–Kier alpha value is -2.85. The second-order valence-electron chi connectivity index (χ2n) is 5.93. The van der Waals surface area contributed by atoms with E-state index in [1.54, 1.807) is 6.07 Å². The topological polar surface area (TPSA) is 39.4 Å². The molecular weight excluding hydrogens is 392 g/mol. The van der Waals surface area contributed by atoms with E-state index in [1.807, 2.05) is 72.8 Å². The predicted octanol–water partition coefficient (Wildman–Crippen LogP) is 5.80. The number of halogens is 1. The number of ether oxygens (including phenoxy) is 1. The van der Waals surface area contributed by atoms with Gasteiger partial charge in [0.05, 0.1) is 5.56 Å². The molecule has 0 aliphatic heterocycles. The van der Waals surface area contributed by atoms with Gasteiger partial charge in [0.1, 0.15) is 17.9 Å². The van der Waals surface area contributed by atoms with Crippen molar-refractivity contribution < 1.29 is 9.15 Å². The maximum absolute atomic E-state index is 12.3. The minimum absolute atomic E-state index is 0.353. The van der Waals surface area contributed by atoms with Crippen LogP contribution in [-0.4, -0.2) is 0 Å². The Morgan fingerprint density at radius 2 is 1.65 bits per heavy atom. The zero-order chi connectivity index (χ0) is 17.9. The molecule has 1 heterocycles. The summed E-state index contributed by atoms with van der Waals surface area (Å²) in [7, 11) is 0. The second kappa shape index (κ2) is 7.18. The first kappa shape index (κ1) is 16.6. The number of benzene rings is 3. The molecule has 4 aromatic rings. The molecule has 0 N–H and O–H groups in total. The van der Waals surface area contributed by atoms with E-state index in [4.69, 9.17) is 9.15 Å². The zero-order valence-corrected chi connectivity index (χ0v) is 15.4. The van der Waals surface area contributed by atoms with Crippen LogP contribution in [0.4, 0.5) is 0 Å². The van der Waals surface area contributed by atoms with Crippen molar-refractivity contribution >= 4 is 26.9 Å². The summed E-state index contributed by atoms with van der Waals surface area (Å²) >= 11 is 3.42.